The van der Waals surface area contributed by atoms with Gasteiger partial charge in [0, 0.05) is 6.54 Å². The fourth-order valence-electron chi connectivity index (χ4n) is 3.26. The first-order chi connectivity index (χ1) is 8.88. The number of nitrogens with two attached hydrogens (primary N) is 1. The summed E-state index contributed by atoms with van der Waals surface area (Å²) in [6, 6.07) is 13.3. The SMILES string of the molecule is NCc1cc(C2CCCCC2)cc2ccccc12. The van der Waals surface area contributed by atoms with E-state index < -0.39 is 0 Å². The lowest BCUT2D eigenvalue weighted by atomic mass is 9.82. The van der Waals surface area contributed by atoms with E-state index >= 15 is 0 Å². The van der Waals surface area contributed by atoms with Crippen molar-refractivity contribution in [3.63, 3.8) is 0 Å². The molecule has 1 aliphatic carbocycles. The Labute approximate surface area is 109 Å². The molecule has 1 nitrogen and oxygen atoms in total. The first kappa shape index (κ1) is 11.7. The van der Waals surface area contributed by atoms with Crippen LogP contribution < -0.4 is 5.73 Å². The Balaban J connectivity index is 2.07. The zero-order valence-electron chi connectivity index (χ0n) is 10.9. The third-order valence-electron chi connectivity index (χ3n) is 4.27. The van der Waals surface area contributed by atoms with Gasteiger partial charge in [0.2, 0.25) is 0 Å². The van der Waals surface area contributed by atoms with Gasteiger partial charge in [-0.05, 0) is 40.7 Å². The lowest BCUT2D eigenvalue weighted by molar-refractivity contribution is 0.443. The summed E-state index contributed by atoms with van der Waals surface area (Å²) in [4.78, 5) is 0. The Kier molecular flexibility index (Phi) is 3.33. The predicted octanol–water partition coefficient (Wildman–Crippen LogP) is 4.35. The van der Waals surface area contributed by atoms with Crippen LogP contribution in [0.25, 0.3) is 10.8 Å². The summed E-state index contributed by atoms with van der Waals surface area (Å²) in [6.45, 7) is 0.640. The minimum Gasteiger partial charge on any atom is -0.326 e. The molecule has 0 spiro atoms. The van der Waals surface area contributed by atoms with Crippen LogP contribution >= 0.6 is 0 Å². The smallest absolute Gasteiger partial charge is 0.0184 e. The van der Waals surface area contributed by atoms with Gasteiger partial charge in [0.15, 0.2) is 0 Å². The molecule has 1 fully saturated rings. The zero-order valence-corrected chi connectivity index (χ0v) is 10.9. The lowest BCUT2D eigenvalue weighted by Gasteiger charge is -2.23. The van der Waals surface area contributed by atoms with Crippen molar-refractivity contribution >= 4 is 10.8 Å². The molecule has 0 radical (unpaired) electrons. The van der Waals surface area contributed by atoms with E-state index in [4.69, 9.17) is 5.73 Å². The highest BCUT2D eigenvalue weighted by atomic mass is 14.5. The maximum atomic E-state index is 5.91. The molecule has 0 amide bonds. The molecule has 18 heavy (non-hydrogen) atoms. The van der Waals surface area contributed by atoms with Crippen LogP contribution in [-0.4, -0.2) is 0 Å². The molecular weight excluding hydrogens is 218 g/mol. The summed E-state index contributed by atoms with van der Waals surface area (Å²) >= 11 is 0. The van der Waals surface area contributed by atoms with Gasteiger partial charge in [-0.25, -0.2) is 0 Å². The Hall–Kier alpha value is -1.34. The van der Waals surface area contributed by atoms with Crippen LogP contribution in [0.1, 0.15) is 49.1 Å². The quantitative estimate of drug-likeness (QED) is 0.828. The van der Waals surface area contributed by atoms with Gasteiger partial charge in [-0.3, -0.25) is 0 Å². The monoisotopic (exact) mass is 239 g/mol. The molecule has 0 saturated heterocycles. The van der Waals surface area contributed by atoms with Crippen LogP contribution in [0, 0.1) is 0 Å². The minimum absolute atomic E-state index is 0.640. The van der Waals surface area contributed by atoms with E-state index in [9.17, 15) is 0 Å². The number of rotatable bonds is 2. The van der Waals surface area contributed by atoms with Crippen molar-refractivity contribution in [2.45, 2.75) is 44.6 Å². The molecule has 0 heterocycles. The normalized spacial score (nSPS) is 17.2. The van der Waals surface area contributed by atoms with E-state index in [1.165, 1.54) is 54.0 Å². The summed E-state index contributed by atoms with van der Waals surface area (Å²) in [5.41, 5.74) is 8.72. The molecule has 2 aromatic rings. The number of fused-ring (bicyclic) bond motifs is 1. The van der Waals surface area contributed by atoms with Crippen LogP contribution in [-0.2, 0) is 6.54 Å². The standard InChI is InChI=1S/C17H21N/c18-12-16-11-15(13-6-2-1-3-7-13)10-14-8-4-5-9-17(14)16/h4-5,8-11,13H,1-3,6-7,12,18H2. The fourth-order valence-corrected chi connectivity index (χ4v) is 3.26. The molecule has 0 unspecified atom stereocenters. The Morgan fingerprint density at radius 3 is 2.56 bits per heavy atom. The van der Waals surface area contributed by atoms with Crippen LogP contribution in [0.5, 0.6) is 0 Å². The van der Waals surface area contributed by atoms with Crippen molar-refractivity contribution in [3.05, 3.63) is 47.5 Å². The van der Waals surface area contributed by atoms with E-state index in [0.717, 1.165) is 5.92 Å². The van der Waals surface area contributed by atoms with E-state index in [1.807, 2.05) is 0 Å². The molecule has 2 aromatic carbocycles. The summed E-state index contributed by atoms with van der Waals surface area (Å²) in [5.74, 6) is 0.758. The lowest BCUT2D eigenvalue weighted by Crippen LogP contribution is -2.06. The number of hydrogen-bond donors (Lipinski definition) is 1. The second-order valence-corrected chi connectivity index (χ2v) is 5.44. The first-order valence-corrected chi connectivity index (χ1v) is 7.10. The Morgan fingerprint density at radius 1 is 1.00 bits per heavy atom. The predicted molar refractivity (Wildman–Crippen MR) is 77.7 cm³/mol. The highest BCUT2D eigenvalue weighted by Crippen LogP contribution is 2.35. The van der Waals surface area contributed by atoms with Gasteiger partial charge in [0.25, 0.3) is 0 Å². The van der Waals surface area contributed by atoms with Crippen LogP contribution in [0.2, 0.25) is 0 Å². The molecule has 0 aliphatic heterocycles. The Morgan fingerprint density at radius 2 is 1.78 bits per heavy atom. The fraction of sp³-hybridized carbons (Fsp3) is 0.412. The first-order valence-electron chi connectivity index (χ1n) is 7.10. The average Bonchev–Trinajstić information content (AvgIpc) is 2.47. The molecule has 1 aliphatic rings. The summed E-state index contributed by atoms with van der Waals surface area (Å²) in [7, 11) is 0. The van der Waals surface area contributed by atoms with Gasteiger partial charge in [-0.15, -0.1) is 0 Å². The highest BCUT2D eigenvalue weighted by molar-refractivity contribution is 5.86. The zero-order chi connectivity index (χ0) is 12.4. The maximum absolute atomic E-state index is 5.91. The van der Waals surface area contributed by atoms with Gasteiger partial charge in [-0.2, -0.15) is 0 Å². The Bertz CT molecular complexity index is 538. The second-order valence-electron chi connectivity index (χ2n) is 5.44. The van der Waals surface area contributed by atoms with Crippen molar-refractivity contribution < 1.29 is 0 Å². The molecule has 0 aromatic heterocycles. The molecular formula is C17H21N. The van der Waals surface area contributed by atoms with Gasteiger partial charge in [0.1, 0.15) is 0 Å². The molecule has 3 rings (SSSR count). The molecule has 94 valence electrons. The minimum atomic E-state index is 0.640. The third-order valence-corrected chi connectivity index (χ3v) is 4.27. The van der Waals surface area contributed by atoms with Crippen molar-refractivity contribution in [2.75, 3.05) is 0 Å². The van der Waals surface area contributed by atoms with E-state index in [2.05, 4.69) is 36.4 Å². The third kappa shape index (κ3) is 2.15. The summed E-state index contributed by atoms with van der Waals surface area (Å²) < 4.78 is 0. The number of benzene rings is 2. The topological polar surface area (TPSA) is 26.0 Å². The number of hydrogen-bond acceptors (Lipinski definition) is 1. The summed E-state index contributed by atoms with van der Waals surface area (Å²) in [5, 5.41) is 2.67. The molecule has 2 N–H and O–H groups in total. The van der Waals surface area contributed by atoms with E-state index in [0.29, 0.717) is 6.54 Å². The van der Waals surface area contributed by atoms with Crippen molar-refractivity contribution in [3.8, 4) is 0 Å². The molecule has 0 bridgehead atoms. The van der Waals surface area contributed by atoms with Crippen LogP contribution in [0.3, 0.4) is 0 Å². The van der Waals surface area contributed by atoms with Crippen LogP contribution in [0.4, 0.5) is 0 Å². The van der Waals surface area contributed by atoms with Crippen molar-refractivity contribution in [1.29, 1.82) is 0 Å². The van der Waals surface area contributed by atoms with E-state index in [1.54, 1.807) is 0 Å². The molecule has 1 heteroatoms. The van der Waals surface area contributed by atoms with Gasteiger partial charge in [-0.1, -0.05) is 55.7 Å². The molecule has 0 atom stereocenters. The largest absolute Gasteiger partial charge is 0.326 e. The summed E-state index contributed by atoms with van der Waals surface area (Å²) in [6.07, 6.45) is 6.88. The highest BCUT2D eigenvalue weighted by Gasteiger charge is 2.16. The van der Waals surface area contributed by atoms with Gasteiger partial charge < -0.3 is 5.73 Å². The molecule has 1 saturated carbocycles. The van der Waals surface area contributed by atoms with Gasteiger partial charge in [0.05, 0.1) is 0 Å². The van der Waals surface area contributed by atoms with Crippen LogP contribution in [0.15, 0.2) is 36.4 Å². The van der Waals surface area contributed by atoms with Crippen molar-refractivity contribution in [1.82, 2.24) is 0 Å². The van der Waals surface area contributed by atoms with Crippen molar-refractivity contribution in [2.24, 2.45) is 5.73 Å². The van der Waals surface area contributed by atoms with Gasteiger partial charge >= 0.3 is 0 Å². The second kappa shape index (κ2) is 5.11. The maximum Gasteiger partial charge on any atom is 0.0184 e. The average molecular weight is 239 g/mol. The van der Waals surface area contributed by atoms with E-state index in [-0.39, 0.29) is 0 Å².